The molecule has 196 valence electrons. The maximum absolute atomic E-state index is 11.9. The van der Waals surface area contributed by atoms with E-state index in [0.29, 0.717) is 11.6 Å². The van der Waals surface area contributed by atoms with E-state index in [1.165, 1.54) is 57.8 Å². The summed E-state index contributed by atoms with van der Waals surface area (Å²) >= 11 is 0. The molecule has 1 atom stereocenters. The predicted octanol–water partition coefficient (Wildman–Crippen LogP) is 8.48. The first-order valence-corrected chi connectivity index (χ1v) is 16.4. The third-order valence-electron chi connectivity index (χ3n) is 7.19. The van der Waals surface area contributed by atoms with Gasteiger partial charge in [-0.25, -0.2) is 0 Å². The minimum atomic E-state index is -1.57. The van der Waals surface area contributed by atoms with E-state index in [9.17, 15) is 4.79 Å². The van der Waals surface area contributed by atoms with Crippen LogP contribution in [0.1, 0.15) is 104 Å². The van der Waals surface area contributed by atoms with Gasteiger partial charge < -0.3 is 13.9 Å². The van der Waals surface area contributed by atoms with Gasteiger partial charge in [0.1, 0.15) is 11.9 Å². The van der Waals surface area contributed by atoms with E-state index >= 15 is 0 Å². The van der Waals surface area contributed by atoms with Gasteiger partial charge in [-0.1, -0.05) is 90.7 Å². The van der Waals surface area contributed by atoms with Crippen molar-refractivity contribution in [1.29, 1.82) is 0 Å². The number of carbonyl (C=O) groups is 1. The Hall–Kier alpha value is -1.17. The van der Waals surface area contributed by atoms with Gasteiger partial charge in [0.25, 0.3) is 0 Å². The molecule has 0 saturated carbocycles. The lowest BCUT2D eigenvalue weighted by Crippen LogP contribution is -2.40. The molecule has 1 aromatic rings. The molecule has 1 rings (SSSR count). The van der Waals surface area contributed by atoms with E-state index in [-0.39, 0.29) is 11.9 Å². The van der Waals surface area contributed by atoms with Crippen LogP contribution in [0.25, 0.3) is 0 Å². The molecule has 0 N–H and O–H groups in total. The normalized spacial score (nSPS) is 13.1. The molecular formula is C29H52O4Si. The zero-order valence-corrected chi connectivity index (χ0v) is 24.2. The average Bonchev–Trinajstić information content (AvgIpc) is 2.78. The first-order valence-electron chi connectivity index (χ1n) is 13.5. The second-order valence-corrected chi connectivity index (χ2v) is 16.0. The van der Waals surface area contributed by atoms with Crippen molar-refractivity contribution in [3.05, 3.63) is 29.8 Å². The second kappa shape index (κ2) is 16.5. The zero-order chi connectivity index (χ0) is 25.5. The van der Waals surface area contributed by atoms with Crippen LogP contribution in [-0.4, -0.2) is 33.9 Å². The molecule has 5 heteroatoms. The number of carbonyl (C=O) groups excluding carboxylic acids is 1. The lowest BCUT2D eigenvalue weighted by atomic mass is 10.0. The molecule has 0 aliphatic heterocycles. The van der Waals surface area contributed by atoms with E-state index < -0.39 is 8.32 Å². The van der Waals surface area contributed by atoms with Crippen molar-refractivity contribution in [2.45, 2.75) is 129 Å². The summed E-state index contributed by atoms with van der Waals surface area (Å²) in [6, 6.07) is 7.82. The fourth-order valence-corrected chi connectivity index (χ4v) is 4.80. The Kier molecular flexibility index (Phi) is 15.0. The molecule has 0 fully saturated rings. The molecular weight excluding hydrogens is 440 g/mol. The molecule has 0 aromatic heterocycles. The lowest BCUT2D eigenvalue weighted by Gasteiger charge is -2.36. The third-order valence-corrected chi connectivity index (χ3v) is 11.7. The summed E-state index contributed by atoms with van der Waals surface area (Å²) in [5.74, 6) is 0.960. The Balaban J connectivity index is 2.01. The minimum Gasteiger partial charge on any atom is -0.497 e. The van der Waals surface area contributed by atoms with Crippen LogP contribution >= 0.6 is 0 Å². The van der Waals surface area contributed by atoms with E-state index in [1.807, 2.05) is 24.3 Å². The summed E-state index contributed by atoms with van der Waals surface area (Å²) in [7, 11) is 0.0880. The number of ether oxygens (including phenoxy) is 2. The van der Waals surface area contributed by atoms with Crippen molar-refractivity contribution in [3.63, 3.8) is 0 Å². The molecule has 0 radical (unpaired) electrons. The molecule has 4 nitrogen and oxygen atoms in total. The lowest BCUT2D eigenvalue weighted by molar-refractivity contribution is -0.129. The van der Waals surface area contributed by atoms with Crippen LogP contribution in [0.3, 0.4) is 0 Å². The van der Waals surface area contributed by atoms with Gasteiger partial charge in [-0.3, -0.25) is 4.79 Å². The summed E-state index contributed by atoms with van der Waals surface area (Å²) < 4.78 is 17.3. The standard InChI is InChI=1S/C29H52O4Si/c1-25(30)28(32-24-26-19-21-27(31-5)22-20-26)18-16-14-12-10-8-9-11-13-15-17-23-33-34(6,7)29(2,3)4/h19-22,28H,8-18,23-24H2,1-7H3/t28-/m0/s1. The van der Waals surface area contributed by atoms with E-state index in [0.717, 1.165) is 30.8 Å². The molecule has 0 aliphatic rings. The first kappa shape index (κ1) is 30.9. The van der Waals surface area contributed by atoms with Gasteiger partial charge in [0.15, 0.2) is 14.1 Å². The zero-order valence-electron chi connectivity index (χ0n) is 23.2. The number of Topliss-reactive ketones (excluding diaryl/α,β-unsaturated/α-hetero) is 1. The van der Waals surface area contributed by atoms with Crippen LogP contribution in [0.4, 0.5) is 0 Å². The van der Waals surface area contributed by atoms with Crippen LogP contribution < -0.4 is 4.74 Å². The summed E-state index contributed by atoms with van der Waals surface area (Å²) in [5, 5.41) is 0.310. The molecule has 0 saturated heterocycles. The number of unbranched alkanes of at least 4 members (excludes halogenated alkanes) is 9. The number of hydrogen-bond acceptors (Lipinski definition) is 4. The van der Waals surface area contributed by atoms with E-state index in [4.69, 9.17) is 13.9 Å². The number of benzene rings is 1. The minimum absolute atomic E-state index is 0.128. The fraction of sp³-hybridized carbons (Fsp3) is 0.759. The highest BCUT2D eigenvalue weighted by atomic mass is 28.4. The maximum Gasteiger partial charge on any atom is 0.191 e. The van der Waals surface area contributed by atoms with Crippen molar-refractivity contribution < 1.29 is 18.7 Å². The number of hydrogen-bond donors (Lipinski definition) is 0. The highest BCUT2D eigenvalue weighted by Crippen LogP contribution is 2.36. The predicted molar refractivity (Wildman–Crippen MR) is 146 cm³/mol. The summed E-state index contributed by atoms with van der Waals surface area (Å²) in [4.78, 5) is 11.9. The second-order valence-electron chi connectivity index (χ2n) is 11.2. The fourth-order valence-electron chi connectivity index (χ4n) is 3.71. The summed E-state index contributed by atoms with van der Waals surface area (Å²) in [6.45, 7) is 14.6. The van der Waals surface area contributed by atoms with Crippen molar-refractivity contribution in [1.82, 2.24) is 0 Å². The van der Waals surface area contributed by atoms with Gasteiger partial charge in [0.05, 0.1) is 13.7 Å². The first-order chi connectivity index (χ1) is 16.1. The molecule has 0 unspecified atom stereocenters. The molecule has 34 heavy (non-hydrogen) atoms. The van der Waals surface area contributed by atoms with Crippen molar-refractivity contribution in [2.75, 3.05) is 13.7 Å². The molecule has 1 aromatic carbocycles. The van der Waals surface area contributed by atoms with Gasteiger partial charge in [-0.15, -0.1) is 0 Å². The molecule has 0 spiro atoms. The van der Waals surface area contributed by atoms with E-state index in [2.05, 4.69) is 33.9 Å². The Morgan fingerprint density at radius 3 is 1.82 bits per heavy atom. The third kappa shape index (κ3) is 13.1. The Morgan fingerprint density at radius 2 is 1.35 bits per heavy atom. The number of rotatable bonds is 19. The molecule has 0 bridgehead atoms. The van der Waals surface area contributed by atoms with E-state index in [1.54, 1.807) is 14.0 Å². The smallest absolute Gasteiger partial charge is 0.191 e. The molecule has 0 amide bonds. The Morgan fingerprint density at radius 1 is 0.853 bits per heavy atom. The largest absolute Gasteiger partial charge is 0.497 e. The van der Waals surface area contributed by atoms with Crippen LogP contribution in [0.15, 0.2) is 24.3 Å². The van der Waals surface area contributed by atoms with Crippen LogP contribution in [-0.2, 0) is 20.6 Å². The monoisotopic (exact) mass is 492 g/mol. The molecule has 0 heterocycles. The Labute approximate surface area is 211 Å². The van der Waals surface area contributed by atoms with Gasteiger partial charge in [-0.2, -0.15) is 0 Å². The number of ketones is 1. The topological polar surface area (TPSA) is 44.8 Å². The maximum atomic E-state index is 11.9. The van der Waals surface area contributed by atoms with Crippen molar-refractivity contribution >= 4 is 14.1 Å². The quantitative estimate of drug-likeness (QED) is 0.143. The van der Waals surface area contributed by atoms with Crippen molar-refractivity contribution in [2.24, 2.45) is 0 Å². The van der Waals surface area contributed by atoms with Crippen molar-refractivity contribution in [3.8, 4) is 5.75 Å². The highest BCUT2D eigenvalue weighted by molar-refractivity contribution is 6.74. The van der Waals surface area contributed by atoms with Crippen LogP contribution in [0.2, 0.25) is 18.1 Å². The summed E-state index contributed by atoms with van der Waals surface area (Å²) in [5.41, 5.74) is 1.06. The van der Waals surface area contributed by atoms with Gasteiger partial charge >= 0.3 is 0 Å². The van der Waals surface area contributed by atoms with Crippen LogP contribution in [0, 0.1) is 0 Å². The SMILES string of the molecule is COc1ccc(CO[C@@H](CCCCCCCCCCCCO[Si](C)(C)C(C)(C)C)C(C)=O)cc1. The van der Waals surface area contributed by atoms with Gasteiger partial charge in [0.2, 0.25) is 0 Å². The van der Waals surface area contributed by atoms with Gasteiger partial charge in [0, 0.05) is 6.61 Å². The van der Waals surface area contributed by atoms with Crippen LogP contribution in [0.5, 0.6) is 5.75 Å². The number of methoxy groups -OCH3 is 1. The van der Waals surface area contributed by atoms with Gasteiger partial charge in [-0.05, 0) is 55.6 Å². The Bertz CT molecular complexity index is 664. The highest BCUT2D eigenvalue weighted by Gasteiger charge is 2.36. The molecule has 0 aliphatic carbocycles. The average molecular weight is 493 g/mol. The summed E-state index contributed by atoms with van der Waals surface area (Å²) in [6.07, 6.45) is 13.1.